The molecule has 0 bridgehead atoms. The Balaban J connectivity index is 1.82. The topological polar surface area (TPSA) is 107 Å². The molecular formula is C13H14N6O3. The van der Waals surface area contributed by atoms with Gasteiger partial charge in [-0.25, -0.2) is 4.79 Å². The van der Waals surface area contributed by atoms with Crippen LogP contribution in [0.15, 0.2) is 22.9 Å². The fourth-order valence-electron chi connectivity index (χ4n) is 1.94. The van der Waals surface area contributed by atoms with Crippen molar-refractivity contribution in [2.45, 2.75) is 20.4 Å². The van der Waals surface area contributed by atoms with E-state index in [9.17, 15) is 4.79 Å². The molecule has 0 aliphatic carbocycles. The molecule has 0 aliphatic heterocycles. The Bertz CT molecular complexity index is 809. The van der Waals surface area contributed by atoms with Crippen LogP contribution in [0, 0.1) is 6.92 Å². The first kappa shape index (κ1) is 14.0. The van der Waals surface area contributed by atoms with Crippen molar-refractivity contribution in [3.8, 4) is 11.5 Å². The molecule has 0 radical (unpaired) electrons. The molecule has 0 saturated carbocycles. The molecule has 9 heteroatoms. The molecule has 1 amide bonds. The van der Waals surface area contributed by atoms with Gasteiger partial charge in [0.25, 0.3) is 5.89 Å². The summed E-state index contributed by atoms with van der Waals surface area (Å²) in [6.45, 7) is 4.03. The number of hydrogen-bond donors (Lipinski definition) is 1. The fraction of sp³-hybridized carbons (Fsp3) is 0.308. The number of ether oxygens (including phenoxy) is 1. The average molecular weight is 302 g/mol. The Morgan fingerprint density at radius 3 is 3.05 bits per heavy atom. The van der Waals surface area contributed by atoms with E-state index in [2.05, 4.69) is 25.7 Å². The molecule has 3 heterocycles. The highest BCUT2D eigenvalue weighted by Crippen LogP contribution is 2.18. The van der Waals surface area contributed by atoms with E-state index in [1.165, 1.54) is 0 Å². The zero-order valence-corrected chi connectivity index (χ0v) is 12.1. The Morgan fingerprint density at radius 1 is 1.45 bits per heavy atom. The minimum absolute atomic E-state index is 0.221. The Morgan fingerprint density at radius 2 is 2.32 bits per heavy atom. The van der Waals surface area contributed by atoms with E-state index < -0.39 is 6.09 Å². The van der Waals surface area contributed by atoms with Crippen molar-refractivity contribution in [1.82, 2.24) is 30.1 Å². The maximum absolute atomic E-state index is 11.3. The van der Waals surface area contributed by atoms with Gasteiger partial charge >= 0.3 is 6.09 Å². The van der Waals surface area contributed by atoms with Gasteiger partial charge in [0.05, 0.1) is 13.2 Å². The number of nitrogens with one attached hydrogen (secondary N) is 1. The smallest absolute Gasteiger partial charge is 0.407 e. The summed E-state index contributed by atoms with van der Waals surface area (Å²) in [5.41, 5.74) is 1.37. The first-order valence-corrected chi connectivity index (χ1v) is 6.72. The highest BCUT2D eigenvalue weighted by molar-refractivity contribution is 5.67. The number of fused-ring (bicyclic) bond motifs is 1. The lowest BCUT2D eigenvalue weighted by Crippen LogP contribution is -2.24. The van der Waals surface area contributed by atoms with Crippen molar-refractivity contribution in [3.63, 3.8) is 0 Å². The quantitative estimate of drug-likeness (QED) is 0.774. The Kier molecular flexibility index (Phi) is 3.69. The molecule has 3 aromatic rings. The van der Waals surface area contributed by atoms with E-state index in [4.69, 9.17) is 9.26 Å². The summed E-state index contributed by atoms with van der Waals surface area (Å²) in [6, 6.07) is 3.60. The van der Waals surface area contributed by atoms with Crippen LogP contribution in [0.1, 0.15) is 18.6 Å². The van der Waals surface area contributed by atoms with Crippen molar-refractivity contribution < 1.29 is 14.1 Å². The summed E-state index contributed by atoms with van der Waals surface area (Å²) < 4.78 is 11.7. The predicted molar refractivity (Wildman–Crippen MR) is 74.9 cm³/mol. The van der Waals surface area contributed by atoms with Gasteiger partial charge < -0.3 is 14.6 Å². The standard InChI is InChI=1S/C13H14N6O3/c1-3-21-13(20)14-7-11-17-16-10-6-9(4-5-19(10)11)12-15-8(2)18-22-12/h4-6H,3,7H2,1-2H3,(H,14,20). The van der Waals surface area contributed by atoms with Crippen LogP contribution in [0.4, 0.5) is 4.79 Å². The van der Waals surface area contributed by atoms with E-state index in [0.29, 0.717) is 29.8 Å². The highest BCUT2D eigenvalue weighted by Gasteiger charge is 2.11. The van der Waals surface area contributed by atoms with Gasteiger partial charge in [-0.05, 0) is 26.0 Å². The van der Waals surface area contributed by atoms with Crippen molar-refractivity contribution in [3.05, 3.63) is 30.0 Å². The molecule has 0 aromatic carbocycles. The fourth-order valence-corrected chi connectivity index (χ4v) is 1.94. The first-order chi connectivity index (χ1) is 10.7. The molecule has 0 saturated heterocycles. The van der Waals surface area contributed by atoms with E-state index in [1.54, 1.807) is 30.5 Å². The number of hydrogen-bond acceptors (Lipinski definition) is 7. The first-order valence-electron chi connectivity index (χ1n) is 6.72. The molecule has 9 nitrogen and oxygen atoms in total. The number of amides is 1. The summed E-state index contributed by atoms with van der Waals surface area (Å²) in [7, 11) is 0. The largest absolute Gasteiger partial charge is 0.450 e. The zero-order valence-electron chi connectivity index (χ0n) is 12.1. The van der Waals surface area contributed by atoms with Crippen LogP contribution in [-0.2, 0) is 11.3 Å². The maximum Gasteiger partial charge on any atom is 0.407 e. The Labute approximate surface area is 125 Å². The number of pyridine rings is 1. The van der Waals surface area contributed by atoms with E-state index in [0.717, 1.165) is 5.56 Å². The lowest BCUT2D eigenvalue weighted by molar-refractivity contribution is 0.151. The predicted octanol–water partition coefficient (Wildman–Crippen LogP) is 1.33. The number of alkyl carbamates (subject to hydrolysis) is 1. The van der Waals surface area contributed by atoms with Crippen LogP contribution < -0.4 is 5.32 Å². The molecule has 0 atom stereocenters. The number of nitrogens with zero attached hydrogens (tertiary/aromatic N) is 5. The zero-order chi connectivity index (χ0) is 15.5. The van der Waals surface area contributed by atoms with Gasteiger partial charge in [-0.1, -0.05) is 5.16 Å². The molecule has 0 unspecified atom stereocenters. The van der Waals surface area contributed by atoms with Gasteiger partial charge in [-0.3, -0.25) is 4.40 Å². The Hall–Kier alpha value is -2.97. The number of aromatic nitrogens is 5. The van der Waals surface area contributed by atoms with Gasteiger partial charge in [0.2, 0.25) is 0 Å². The molecule has 0 spiro atoms. The third-order valence-electron chi connectivity index (χ3n) is 2.92. The number of carbonyl (C=O) groups is 1. The minimum Gasteiger partial charge on any atom is -0.450 e. The van der Waals surface area contributed by atoms with Crippen molar-refractivity contribution in [2.75, 3.05) is 6.61 Å². The maximum atomic E-state index is 11.3. The van der Waals surface area contributed by atoms with E-state index >= 15 is 0 Å². The minimum atomic E-state index is -0.489. The van der Waals surface area contributed by atoms with Crippen LogP contribution in [0.5, 0.6) is 0 Å². The van der Waals surface area contributed by atoms with Gasteiger partial charge in [0.15, 0.2) is 17.3 Å². The highest BCUT2D eigenvalue weighted by atomic mass is 16.5. The summed E-state index contributed by atoms with van der Waals surface area (Å²) in [5.74, 6) is 1.58. The number of carbonyl (C=O) groups excluding carboxylic acids is 1. The van der Waals surface area contributed by atoms with Gasteiger partial charge in [0.1, 0.15) is 0 Å². The summed E-state index contributed by atoms with van der Waals surface area (Å²) >= 11 is 0. The molecule has 114 valence electrons. The second-order valence-electron chi connectivity index (χ2n) is 4.48. The van der Waals surface area contributed by atoms with Crippen LogP contribution in [0.2, 0.25) is 0 Å². The third-order valence-corrected chi connectivity index (χ3v) is 2.92. The monoisotopic (exact) mass is 302 g/mol. The number of aryl methyl sites for hydroxylation is 1. The van der Waals surface area contributed by atoms with Crippen LogP contribution in [-0.4, -0.2) is 37.4 Å². The molecule has 3 aromatic heterocycles. The third kappa shape index (κ3) is 2.73. The van der Waals surface area contributed by atoms with Crippen molar-refractivity contribution >= 4 is 11.7 Å². The lowest BCUT2D eigenvalue weighted by atomic mass is 10.2. The van der Waals surface area contributed by atoms with Crippen LogP contribution in [0.3, 0.4) is 0 Å². The van der Waals surface area contributed by atoms with E-state index in [1.807, 2.05) is 6.07 Å². The lowest BCUT2D eigenvalue weighted by Gasteiger charge is -2.04. The molecule has 1 N–H and O–H groups in total. The summed E-state index contributed by atoms with van der Waals surface area (Å²) in [5, 5.41) is 14.5. The second-order valence-corrected chi connectivity index (χ2v) is 4.48. The molecule has 3 rings (SSSR count). The van der Waals surface area contributed by atoms with Gasteiger partial charge in [0, 0.05) is 11.8 Å². The molecule has 22 heavy (non-hydrogen) atoms. The summed E-state index contributed by atoms with van der Waals surface area (Å²) in [4.78, 5) is 15.5. The SMILES string of the molecule is CCOC(=O)NCc1nnc2cc(-c3nc(C)no3)ccn12. The van der Waals surface area contributed by atoms with E-state index in [-0.39, 0.29) is 6.54 Å². The molecule has 0 fully saturated rings. The van der Waals surface area contributed by atoms with Crippen LogP contribution in [0.25, 0.3) is 17.1 Å². The van der Waals surface area contributed by atoms with Crippen molar-refractivity contribution in [1.29, 1.82) is 0 Å². The van der Waals surface area contributed by atoms with Crippen LogP contribution >= 0.6 is 0 Å². The second kappa shape index (κ2) is 5.80. The molecule has 0 aliphatic rings. The van der Waals surface area contributed by atoms with Gasteiger partial charge in [-0.15, -0.1) is 10.2 Å². The summed E-state index contributed by atoms with van der Waals surface area (Å²) in [6.07, 6.45) is 1.30. The molecular weight excluding hydrogens is 288 g/mol. The number of rotatable bonds is 4. The van der Waals surface area contributed by atoms with Crippen molar-refractivity contribution in [2.24, 2.45) is 0 Å². The van der Waals surface area contributed by atoms with Gasteiger partial charge in [-0.2, -0.15) is 4.98 Å². The normalized spacial score (nSPS) is 10.8. The average Bonchev–Trinajstić information content (AvgIpc) is 3.11.